The minimum absolute atomic E-state index is 0.271. The van der Waals surface area contributed by atoms with Crippen molar-refractivity contribution in [2.24, 2.45) is 0 Å². The van der Waals surface area contributed by atoms with Gasteiger partial charge in [0.25, 0.3) is 0 Å². The molecule has 1 saturated heterocycles. The van der Waals surface area contributed by atoms with Crippen LogP contribution in [-0.4, -0.2) is 35.8 Å². The zero-order chi connectivity index (χ0) is 10.8. The highest BCUT2D eigenvalue weighted by Gasteiger charge is 2.18. The molecule has 1 aromatic heterocycles. The Morgan fingerprint density at radius 1 is 1.53 bits per heavy atom. The Bertz CT molecular complexity index is 338. The average Bonchev–Trinajstić information content (AvgIpc) is 2.16. The first kappa shape index (κ1) is 10.8. The van der Waals surface area contributed by atoms with Gasteiger partial charge in [0.05, 0.1) is 12.7 Å². The molecular weight excluding hydrogens is 258 g/mol. The fourth-order valence-electron chi connectivity index (χ4n) is 1.70. The van der Waals surface area contributed by atoms with Crippen LogP contribution < -0.4 is 4.90 Å². The van der Waals surface area contributed by atoms with Gasteiger partial charge in [0.1, 0.15) is 16.2 Å². The summed E-state index contributed by atoms with van der Waals surface area (Å²) >= 11 is 3.39. The topological polar surface area (TPSA) is 38.2 Å². The van der Waals surface area contributed by atoms with Gasteiger partial charge in [-0.15, -0.1) is 0 Å². The van der Waals surface area contributed by atoms with Crippen LogP contribution in [0.2, 0.25) is 0 Å². The first-order valence-corrected chi connectivity index (χ1v) is 5.82. The predicted molar refractivity (Wildman–Crippen MR) is 62.1 cm³/mol. The Balaban J connectivity index is 2.20. The number of morpholine rings is 1. The predicted octanol–water partition coefficient (Wildman–Crippen LogP) is 1.77. The lowest BCUT2D eigenvalue weighted by atomic mass is 10.3. The number of anilines is 1. The van der Waals surface area contributed by atoms with E-state index in [1.165, 1.54) is 0 Å². The van der Waals surface area contributed by atoms with Crippen molar-refractivity contribution in [1.82, 2.24) is 9.97 Å². The maximum atomic E-state index is 5.49. The Morgan fingerprint density at radius 2 is 2.33 bits per heavy atom. The smallest absolute Gasteiger partial charge is 0.133 e. The number of rotatable bonds is 1. The summed E-state index contributed by atoms with van der Waals surface area (Å²) in [5.41, 5.74) is 0. The van der Waals surface area contributed by atoms with Crippen molar-refractivity contribution in [3.8, 4) is 0 Å². The van der Waals surface area contributed by atoms with Crippen molar-refractivity contribution in [3.05, 3.63) is 16.5 Å². The molecule has 1 atom stereocenters. The molecule has 0 aromatic carbocycles. The molecule has 2 heterocycles. The Labute approximate surface area is 97.8 Å². The van der Waals surface area contributed by atoms with Crippen molar-refractivity contribution in [2.45, 2.75) is 20.0 Å². The van der Waals surface area contributed by atoms with Crippen molar-refractivity contribution in [3.63, 3.8) is 0 Å². The van der Waals surface area contributed by atoms with E-state index < -0.39 is 0 Å². The van der Waals surface area contributed by atoms with Gasteiger partial charge in [0.2, 0.25) is 0 Å². The number of nitrogens with zero attached hydrogens (tertiary/aromatic N) is 3. The molecule has 0 radical (unpaired) electrons. The third kappa shape index (κ3) is 2.66. The van der Waals surface area contributed by atoms with Crippen molar-refractivity contribution >= 4 is 21.7 Å². The molecule has 0 spiro atoms. The number of hydrogen-bond acceptors (Lipinski definition) is 4. The van der Waals surface area contributed by atoms with E-state index in [1.807, 2.05) is 13.0 Å². The molecule has 0 saturated carbocycles. The lowest BCUT2D eigenvalue weighted by Gasteiger charge is -2.32. The van der Waals surface area contributed by atoms with E-state index in [2.05, 4.69) is 37.7 Å². The number of aromatic nitrogens is 2. The molecule has 1 aliphatic rings. The molecule has 1 aliphatic heterocycles. The molecule has 0 N–H and O–H groups in total. The molecule has 1 fully saturated rings. The van der Waals surface area contributed by atoms with E-state index in [0.717, 1.165) is 35.9 Å². The van der Waals surface area contributed by atoms with Crippen LogP contribution >= 0.6 is 15.9 Å². The maximum Gasteiger partial charge on any atom is 0.133 e. The SMILES string of the molecule is Cc1nc(Br)cc(N2CCOC(C)C2)n1. The lowest BCUT2D eigenvalue weighted by Crippen LogP contribution is -2.41. The van der Waals surface area contributed by atoms with Crippen LogP contribution in [0.1, 0.15) is 12.7 Å². The fraction of sp³-hybridized carbons (Fsp3) is 0.600. The molecule has 2 rings (SSSR count). The quantitative estimate of drug-likeness (QED) is 0.730. The summed E-state index contributed by atoms with van der Waals surface area (Å²) in [4.78, 5) is 10.8. The van der Waals surface area contributed by atoms with Crippen LogP contribution in [-0.2, 0) is 4.74 Å². The van der Waals surface area contributed by atoms with E-state index >= 15 is 0 Å². The second kappa shape index (κ2) is 4.45. The van der Waals surface area contributed by atoms with E-state index in [1.54, 1.807) is 0 Å². The Morgan fingerprint density at radius 3 is 3.00 bits per heavy atom. The van der Waals surface area contributed by atoms with Crippen molar-refractivity contribution < 1.29 is 4.74 Å². The van der Waals surface area contributed by atoms with Gasteiger partial charge in [-0.2, -0.15) is 0 Å². The second-order valence-electron chi connectivity index (χ2n) is 3.72. The van der Waals surface area contributed by atoms with Gasteiger partial charge in [-0.25, -0.2) is 9.97 Å². The third-order valence-electron chi connectivity index (χ3n) is 2.36. The van der Waals surface area contributed by atoms with E-state index in [0.29, 0.717) is 0 Å². The van der Waals surface area contributed by atoms with Gasteiger partial charge < -0.3 is 9.64 Å². The summed E-state index contributed by atoms with van der Waals surface area (Å²) in [6.45, 7) is 6.53. The van der Waals surface area contributed by atoms with Crippen LogP contribution in [0.25, 0.3) is 0 Å². The van der Waals surface area contributed by atoms with Crippen molar-refractivity contribution in [1.29, 1.82) is 0 Å². The molecule has 4 nitrogen and oxygen atoms in total. The van der Waals surface area contributed by atoms with Crippen LogP contribution in [0.5, 0.6) is 0 Å². The Kier molecular flexibility index (Phi) is 3.21. The van der Waals surface area contributed by atoms with E-state index in [-0.39, 0.29) is 6.10 Å². The monoisotopic (exact) mass is 271 g/mol. The number of ether oxygens (including phenoxy) is 1. The highest BCUT2D eigenvalue weighted by Crippen LogP contribution is 2.18. The number of halogens is 1. The average molecular weight is 272 g/mol. The normalized spacial score (nSPS) is 21.8. The van der Waals surface area contributed by atoms with E-state index in [4.69, 9.17) is 4.74 Å². The molecule has 1 unspecified atom stereocenters. The maximum absolute atomic E-state index is 5.49. The highest BCUT2D eigenvalue weighted by molar-refractivity contribution is 9.10. The van der Waals surface area contributed by atoms with Crippen LogP contribution in [0.3, 0.4) is 0 Å². The van der Waals surface area contributed by atoms with Crippen LogP contribution in [0, 0.1) is 6.92 Å². The van der Waals surface area contributed by atoms with Gasteiger partial charge in [-0.1, -0.05) is 0 Å². The fourth-order valence-corrected chi connectivity index (χ4v) is 2.17. The molecule has 82 valence electrons. The van der Waals surface area contributed by atoms with Gasteiger partial charge in [-0.05, 0) is 29.8 Å². The first-order chi connectivity index (χ1) is 7.15. The van der Waals surface area contributed by atoms with Gasteiger partial charge in [0.15, 0.2) is 0 Å². The van der Waals surface area contributed by atoms with Crippen LogP contribution in [0.4, 0.5) is 5.82 Å². The molecule has 0 amide bonds. The summed E-state index contributed by atoms with van der Waals surface area (Å²) in [7, 11) is 0. The first-order valence-electron chi connectivity index (χ1n) is 5.03. The van der Waals surface area contributed by atoms with Gasteiger partial charge in [-0.3, -0.25) is 0 Å². The molecule has 0 aliphatic carbocycles. The molecule has 5 heteroatoms. The largest absolute Gasteiger partial charge is 0.375 e. The second-order valence-corrected chi connectivity index (χ2v) is 4.54. The molecular formula is C10H14BrN3O. The molecule has 1 aromatic rings. The summed E-state index contributed by atoms with van der Waals surface area (Å²) in [5.74, 6) is 1.77. The van der Waals surface area contributed by atoms with Crippen molar-refractivity contribution in [2.75, 3.05) is 24.6 Å². The highest BCUT2D eigenvalue weighted by atomic mass is 79.9. The van der Waals surface area contributed by atoms with E-state index in [9.17, 15) is 0 Å². The number of aryl methyl sites for hydroxylation is 1. The summed E-state index contributed by atoms with van der Waals surface area (Å²) in [6.07, 6.45) is 0.271. The summed E-state index contributed by atoms with van der Waals surface area (Å²) in [5, 5.41) is 0. The summed E-state index contributed by atoms with van der Waals surface area (Å²) < 4.78 is 6.33. The minimum atomic E-state index is 0.271. The molecule has 0 bridgehead atoms. The molecule has 15 heavy (non-hydrogen) atoms. The standard InChI is InChI=1S/C10H14BrN3O/c1-7-6-14(3-4-15-7)10-5-9(11)12-8(2)13-10/h5,7H,3-4,6H2,1-2H3. The Hall–Kier alpha value is -0.680. The lowest BCUT2D eigenvalue weighted by molar-refractivity contribution is 0.0529. The van der Waals surface area contributed by atoms with Gasteiger partial charge in [0, 0.05) is 19.2 Å². The zero-order valence-electron chi connectivity index (χ0n) is 8.90. The number of hydrogen-bond donors (Lipinski definition) is 0. The van der Waals surface area contributed by atoms with Gasteiger partial charge >= 0.3 is 0 Å². The zero-order valence-corrected chi connectivity index (χ0v) is 10.5. The summed E-state index contributed by atoms with van der Waals surface area (Å²) in [6, 6.07) is 1.95. The third-order valence-corrected chi connectivity index (χ3v) is 2.76. The van der Waals surface area contributed by atoms with Crippen LogP contribution in [0.15, 0.2) is 10.7 Å². The minimum Gasteiger partial charge on any atom is -0.375 e.